The van der Waals surface area contributed by atoms with Gasteiger partial charge in [0.05, 0.1) is 13.2 Å². The Morgan fingerprint density at radius 1 is 1.06 bits per heavy atom. The average molecular weight is 436 g/mol. The van der Waals surface area contributed by atoms with E-state index in [1.54, 1.807) is 17.2 Å². The van der Waals surface area contributed by atoms with Crippen LogP contribution in [0.3, 0.4) is 0 Å². The predicted octanol–water partition coefficient (Wildman–Crippen LogP) is 3.63. The van der Waals surface area contributed by atoms with Gasteiger partial charge in [-0.1, -0.05) is 0 Å². The molecule has 0 spiro atoms. The lowest BCUT2D eigenvalue weighted by Gasteiger charge is -2.25. The highest BCUT2D eigenvalue weighted by molar-refractivity contribution is 5.94. The first-order chi connectivity index (χ1) is 15.7. The third-order valence-electron chi connectivity index (χ3n) is 5.68. The van der Waals surface area contributed by atoms with Crippen molar-refractivity contribution >= 4 is 11.7 Å². The Morgan fingerprint density at radius 2 is 1.84 bits per heavy atom. The van der Waals surface area contributed by atoms with E-state index >= 15 is 0 Å². The summed E-state index contributed by atoms with van der Waals surface area (Å²) in [6.07, 6.45) is 6.33. The van der Waals surface area contributed by atoms with Gasteiger partial charge in [-0.05, 0) is 74.7 Å². The zero-order valence-electron chi connectivity index (χ0n) is 18.6. The van der Waals surface area contributed by atoms with Crippen molar-refractivity contribution in [2.45, 2.75) is 45.7 Å². The molecule has 1 atom stereocenters. The summed E-state index contributed by atoms with van der Waals surface area (Å²) in [5.41, 5.74) is 1.83. The Kier molecular flexibility index (Phi) is 6.94. The number of carbonyl (C=O) groups is 1. The Balaban J connectivity index is 1.17. The van der Waals surface area contributed by atoms with Crippen molar-refractivity contribution in [2.24, 2.45) is 0 Å². The molecular formula is C23H29N7O2. The number of nitrogens with zero attached hydrogens (tertiary/aromatic N) is 7. The average Bonchev–Trinajstić information content (AvgIpc) is 3.46. The van der Waals surface area contributed by atoms with Gasteiger partial charge < -0.3 is 9.64 Å². The summed E-state index contributed by atoms with van der Waals surface area (Å²) < 4.78 is 5.87. The Labute approximate surface area is 188 Å². The van der Waals surface area contributed by atoms with Crippen molar-refractivity contribution < 1.29 is 9.53 Å². The van der Waals surface area contributed by atoms with E-state index < -0.39 is 0 Å². The van der Waals surface area contributed by atoms with Gasteiger partial charge in [0.1, 0.15) is 5.75 Å². The van der Waals surface area contributed by atoms with E-state index in [2.05, 4.69) is 27.3 Å². The number of pyridine rings is 1. The molecule has 1 aliphatic heterocycles. The second kappa shape index (κ2) is 10.2. The smallest absolute Gasteiger partial charge is 0.324 e. The summed E-state index contributed by atoms with van der Waals surface area (Å²) in [6.45, 7) is 6.91. The van der Waals surface area contributed by atoms with E-state index in [0.29, 0.717) is 19.0 Å². The van der Waals surface area contributed by atoms with Gasteiger partial charge in [0.15, 0.2) is 0 Å². The molecule has 1 fully saturated rings. The standard InChI is InChI=1S/C23H29N7O2/c1-3-30-26-22(25-27-30)19-7-9-21(10-8-19)32-17-5-4-6-18(2)28-15-16-29(23(28)31)20-11-13-24-14-12-20/h7-14,18H,3-6,15-17H2,1-2H3. The van der Waals surface area contributed by atoms with Crippen LogP contribution in [-0.4, -0.2) is 61.9 Å². The number of ether oxygens (including phenoxy) is 1. The van der Waals surface area contributed by atoms with Gasteiger partial charge in [-0.2, -0.15) is 4.80 Å². The summed E-state index contributed by atoms with van der Waals surface area (Å²) in [5, 5.41) is 12.4. The van der Waals surface area contributed by atoms with Crippen molar-refractivity contribution in [3.8, 4) is 17.1 Å². The number of anilines is 1. The number of benzene rings is 1. The van der Waals surface area contributed by atoms with Crippen molar-refractivity contribution in [2.75, 3.05) is 24.6 Å². The number of hydrogen-bond donors (Lipinski definition) is 0. The molecule has 0 N–H and O–H groups in total. The minimum absolute atomic E-state index is 0.0773. The molecule has 1 aliphatic rings. The number of hydrogen-bond acceptors (Lipinski definition) is 6. The first-order valence-corrected chi connectivity index (χ1v) is 11.1. The van der Waals surface area contributed by atoms with Gasteiger partial charge >= 0.3 is 6.03 Å². The van der Waals surface area contributed by atoms with E-state index in [1.807, 2.05) is 53.1 Å². The van der Waals surface area contributed by atoms with E-state index in [9.17, 15) is 4.79 Å². The Bertz CT molecular complexity index is 1010. The van der Waals surface area contributed by atoms with Crippen LogP contribution in [0.5, 0.6) is 5.75 Å². The fourth-order valence-corrected chi connectivity index (χ4v) is 3.81. The number of rotatable bonds is 10. The van der Waals surface area contributed by atoms with Crippen LogP contribution in [-0.2, 0) is 6.54 Å². The van der Waals surface area contributed by atoms with E-state index in [-0.39, 0.29) is 12.1 Å². The maximum absolute atomic E-state index is 12.8. The third kappa shape index (κ3) is 5.04. The zero-order valence-corrected chi connectivity index (χ0v) is 18.6. The number of amides is 2. The summed E-state index contributed by atoms with van der Waals surface area (Å²) in [7, 11) is 0. The van der Waals surface area contributed by atoms with Gasteiger partial charge in [0.2, 0.25) is 5.82 Å². The van der Waals surface area contributed by atoms with E-state index in [0.717, 1.165) is 49.4 Å². The lowest BCUT2D eigenvalue weighted by atomic mass is 10.1. The van der Waals surface area contributed by atoms with Crippen molar-refractivity contribution in [3.05, 3.63) is 48.8 Å². The predicted molar refractivity (Wildman–Crippen MR) is 121 cm³/mol. The number of aromatic nitrogens is 5. The van der Waals surface area contributed by atoms with Crippen molar-refractivity contribution in [1.82, 2.24) is 30.1 Å². The summed E-state index contributed by atoms with van der Waals surface area (Å²) in [6, 6.07) is 11.8. The quantitative estimate of drug-likeness (QED) is 0.452. The number of tetrazole rings is 1. The van der Waals surface area contributed by atoms with E-state index in [1.165, 1.54) is 0 Å². The summed E-state index contributed by atoms with van der Waals surface area (Å²) in [5.74, 6) is 1.44. The highest BCUT2D eigenvalue weighted by atomic mass is 16.5. The molecule has 0 bridgehead atoms. The molecule has 9 heteroatoms. The van der Waals surface area contributed by atoms with Crippen LogP contribution in [0.4, 0.5) is 10.5 Å². The molecule has 4 rings (SSSR count). The van der Waals surface area contributed by atoms with Gasteiger partial charge in [0.25, 0.3) is 0 Å². The fraction of sp³-hybridized carbons (Fsp3) is 0.435. The summed E-state index contributed by atoms with van der Waals surface area (Å²) in [4.78, 5) is 22.1. The molecule has 2 aromatic heterocycles. The number of urea groups is 1. The van der Waals surface area contributed by atoms with Crippen LogP contribution in [0.15, 0.2) is 48.8 Å². The minimum atomic E-state index is 0.0773. The molecule has 0 saturated carbocycles. The van der Waals surface area contributed by atoms with Crippen molar-refractivity contribution in [3.63, 3.8) is 0 Å². The lowest BCUT2D eigenvalue weighted by molar-refractivity contribution is 0.199. The molecule has 3 heterocycles. The number of carbonyl (C=O) groups excluding carboxylic acids is 1. The fourth-order valence-electron chi connectivity index (χ4n) is 3.81. The van der Waals surface area contributed by atoms with Crippen molar-refractivity contribution in [1.29, 1.82) is 0 Å². The summed E-state index contributed by atoms with van der Waals surface area (Å²) >= 11 is 0. The normalized spacial score (nSPS) is 14.8. The molecule has 168 valence electrons. The van der Waals surface area contributed by atoms with Gasteiger partial charge in [-0.25, -0.2) is 4.79 Å². The van der Waals surface area contributed by atoms with Crippen LogP contribution in [0, 0.1) is 0 Å². The Morgan fingerprint density at radius 3 is 2.56 bits per heavy atom. The SMILES string of the molecule is CCn1nnc(-c2ccc(OCCCCC(C)N3CCN(c4ccncc4)C3=O)cc2)n1. The second-order valence-corrected chi connectivity index (χ2v) is 7.85. The molecule has 0 radical (unpaired) electrons. The molecule has 9 nitrogen and oxygen atoms in total. The van der Waals surface area contributed by atoms with Crippen LogP contribution in [0.2, 0.25) is 0 Å². The zero-order chi connectivity index (χ0) is 22.3. The third-order valence-corrected chi connectivity index (χ3v) is 5.68. The molecule has 2 amide bonds. The maximum Gasteiger partial charge on any atom is 0.324 e. The largest absolute Gasteiger partial charge is 0.494 e. The highest BCUT2D eigenvalue weighted by Crippen LogP contribution is 2.23. The van der Waals surface area contributed by atoms with Crippen LogP contribution < -0.4 is 9.64 Å². The minimum Gasteiger partial charge on any atom is -0.494 e. The lowest BCUT2D eigenvalue weighted by Crippen LogP contribution is -2.37. The number of aryl methyl sites for hydroxylation is 1. The van der Waals surface area contributed by atoms with Crippen LogP contribution in [0.1, 0.15) is 33.1 Å². The molecule has 1 aromatic carbocycles. The molecule has 32 heavy (non-hydrogen) atoms. The first kappa shape index (κ1) is 21.7. The van der Waals surface area contributed by atoms with Crippen LogP contribution in [0.25, 0.3) is 11.4 Å². The van der Waals surface area contributed by atoms with Crippen LogP contribution >= 0.6 is 0 Å². The van der Waals surface area contributed by atoms with Gasteiger partial charge in [-0.15, -0.1) is 10.2 Å². The Hall–Kier alpha value is -3.49. The molecule has 3 aromatic rings. The highest BCUT2D eigenvalue weighted by Gasteiger charge is 2.32. The monoisotopic (exact) mass is 435 g/mol. The van der Waals surface area contributed by atoms with Gasteiger partial charge in [-0.3, -0.25) is 9.88 Å². The molecule has 0 aliphatic carbocycles. The first-order valence-electron chi connectivity index (χ1n) is 11.1. The topological polar surface area (TPSA) is 89.3 Å². The second-order valence-electron chi connectivity index (χ2n) is 7.85. The molecule has 1 saturated heterocycles. The molecular weight excluding hydrogens is 406 g/mol. The van der Waals surface area contributed by atoms with Gasteiger partial charge in [0, 0.05) is 42.8 Å². The molecule has 1 unspecified atom stereocenters. The maximum atomic E-state index is 12.8. The number of unbranched alkanes of at least 4 members (excludes halogenated alkanes) is 1. The van der Waals surface area contributed by atoms with E-state index in [4.69, 9.17) is 4.74 Å².